The third-order valence-electron chi connectivity index (χ3n) is 2.70. The minimum Gasteiger partial charge on any atom is -0.505 e. The molecular formula is C13H12N2O5. The topological polar surface area (TPSA) is 102 Å². The lowest BCUT2D eigenvalue weighted by Crippen LogP contribution is -2.10. The zero-order chi connectivity index (χ0) is 14.7. The Morgan fingerprint density at radius 2 is 1.95 bits per heavy atom. The first-order valence-electron chi connectivity index (χ1n) is 5.62. The minimum atomic E-state index is -0.839. The van der Waals surface area contributed by atoms with Gasteiger partial charge in [0.15, 0.2) is 5.75 Å². The Morgan fingerprint density at radius 3 is 2.50 bits per heavy atom. The van der Waals surface area contributed by atoms with E-state index in [1.54, 1.807) is 18.3 Å². The van der Waals surface area contributed by atoms with E-state index in [0.717, 1.165) is 7.11 Å². The van der Waals surface area contributed by atoms with Crippen molar-refractivity contribution in [1.29, 1.82) is 0 Å². The van der Waals surface area contributed by atoms with E-state index >= 15 is 0 Å². The van der Waals surface area contributed by atoms with Crippen LogP contribution in [0.5, 0.6) is 5.75 Å². The van der Waals surface area contributed by atoms with Crippen LogP contribution in [0.4, 0.5) is 0 Å². The molecule has 0 amide bonds. The van der Waals surface area contributed by atoms with Crippen LogP contribution in [0, 0.1) is 0 Å². The lowest BCUT2D eigenvalue weighted by atomic mass is 10.1. The molecule has 0 unspecified atom stereocenters. The normalized spacial score (nSPS) is 10.1. The van der Waals surface area contributed by atoms with E-state index in [0.29, 0.717) is 5.56 Å². The van der Waals surface area contributed by atoms with Crippen LogP contribution >= 0.6 is 0 Å². The molecule has 0 atom stereocenters. The maximum absolute atomic E-state index is 11.7. The Kier molecular flexibility index (Phi) is 3.69. The molecule has 0 aliphatic heterocycles. The molecule has 2 heterocycles. The third-order valence-corrected chi connectivity index (χ3v) is 2.70. The van der Waals surface area contributed by atoms with Crippen LogP contribution in [0.2, 0.25) is 0 Å². The standard InChI is InChI=1S/C13H12N2O5/c1-19-12(17)8-10(13(18)20-2)15-9(11(8)16)7-4-3-5-14-6-7/h3-6,15-16H,1-2H3. The van der Waals surface area contributed by atoms with Crippen LogP contribution in [0.25, 0.3) is 11.3 Å². The second-order valence-electron chi connectivity index (χ2n) is 3.82. The highest BCUT2D eigenvalue weighted by Crippen LogP contribution is 2.34. The van der Waals surface area contributed by atoms with Crippen LogP contribution < -0.4 is 0 Å². The minimum absolute atomic E-state index is 0.171. The van der Waals surface area contributed by atoms with Crippen LogP contribution in [0.3, 0.4) is 0 Å². The van der Waals surface area contributed by atoms with Crippen molar-refractivity contribution in [1.82, 2.24) is 9.97 Å². The van der Waals surface area contributed by atoms with E-state index in [4.69, 9.17) is 0 Å². The number of ether oxygens (including phenoxy) is 2. The fourth-order valence-electron chi connectivity index (χ4n) is 1.77. The number of rotatable bonds is 3. The SMILES string of the molecule is COC(=O)c1[nH]c(-c2cccnc2)c(O)c1C(=O)OC. The van der Waals surface area contributed by atoms with Gasteiger partial charge in [-0.2, -0.15) is 0 Å². The first kappa shape index (κ1) is 13.6. The fraction of sp³-hybridized carbons (Fsp3) is 0.154. The molecule has 0 radical (unpaired) electrons. The number of hydrogen-bond acceptors (Lipinski definition) is 6. The van der Waals surface area contributed by atoms with Gasteiger partial charge in [-0.15, -0.1) is 0 Å². The molecule has 104 valence electrons. The molecule has 0 aromatic carbocycles. The largest absolute Gasteiger partial charge is 0.505 e. The van der Waals surface area contributed by atoms with Crippen molar-refractivity contribution < 1.29 is 24.2 Å². The summed E-state index contributed by atoms with van der Waals surface area (Å²) in [4.78, 5) is 29.9. The van der Waals surface area contributed by atoms with E-state index < -0.39 is 11.9 Å². The quantitative estimate of drug-likeness (QED) is 0.821. The number of carbonyl (C=O) groups excluding carboxylic acids is 2. The molecule has 2 rings (SSSR count). The van der Waals surface area contributed by atoms with Gasteiger partial charge < -0.3 is 19.6 Å². The van der Waals surface area contributed by atoms with Crippen LogP contribution in [-0.2, 0) is 9.47 Å². The van der Waals surface area contributed by atoms with Gasteiger partial charge in [0.05, 0.1) is 19.9 Å². The number of aromatic amines is 1. The lowest BCUT2D eigenvalue weighted by molar-refractivity contribution is 0.0550. The summed E-state index contributed by atoms with van der Waals surface area (Å²) < 4.78 is 9.13. The second-order valence-corrected chi connectivity index (χ2v) is 3.82. The van der Waals surface area contributed by atoms with Crippen molar-refractivity contribution in [2.75, 3.05) is 14.2 Å². The zero-order valence-corrected chi connectivity index (χ0v) is 10.8. The number of hydrogen-bond donors (Lipinski definition) is 2. The molecule has 20 heavy (non-hydrogen) atoms. The van der Waals surface area contributed by atoms with E-state index in [2.05, 4.69) is 19.4 Å². The van der Waals surface area contributed by atoms with Gasteiger partial charge in [0, 0.05) is 18.0 Å². The highest BCUT2D eigenvalue weighted by Gasteiger charge is 2.28. The van der Waals surface area contributed by atoms with Crippen molar-refractivity contribution >= 4 is 11.9 Å². The summed E-state index contributed by atoms with van der Waals surface area (Å²) in [6.07, 6.45) is 3.04. The van der Waals surface area contributed by atoms with Crippen molar-refractivity contribution in [3.05, 3.63) is 35.8 Å². The molecular weight excluding hydrogens is 264 g/mol. The fourth-order valence-corrected chi connectivity index (χ4v) is 1.77. The Balaban J connectivity index is 2.65. The number of nitrogens with one attached hydrogen (secondary N) is 1. The van der Waals surface area contributed by atoms with Gasteiger partial charge in [-0.25, -0.2) is 9.59 Å². The number of aromatic nitrogens is 2. The van der Waals surface area contributed by atoms with Crippen LogP contribution in [0.1, 0.15) is 20.8 Å². The summed E-state index contributed by atoms with van der Waals surface area (Å²) in [5.41, 5.74) is 0.276. The molecule has 0 aliphatic rings. The van der Waals surface area contributed by atoms with Gasteiger partial charge in [-0.05, 0) is 12.1 Å². The predicted octanol–water partition coefficient (Wildman–Crippen LogP) is 1.36. The molecule has 2 aromatic heterocycles. The molecule has 0 bridgehead atoms. The van der Waals surface area contributed by atoms with Crippen molar-refractivity contribution in [3.63, 3.8) is 0 Å². The molecule has 7 heteroatoms. The van der Waals surface area contributed by atoms with E-state index in [1.165, 1.54) is 13.3 Å². The molecule has 0 fully saturated rings. The highest BCUT2D eigenvalue weighted by molar-refractivity contribution is 6.06. The molecule has 2 aromatic rings. The summed E-state index contributed by atoms with van der Waals surface area (Å²) in [7, 11) is 2.32. The number of esters is 2. The van der Waals surface area contributed by atoms with E-state index in [1.807, 2.05) is 0 Å². The van der Waals surface area contributed by atoms with Gasteiger partial charge in [0.1, 0.15) is 11.3 Å². The van der Waals surface area contributed by atoms with Crippen LogP contribution in [-0.4, -0.2) is 41.2 Å². The number of methoxy groups -OCH3 is 2. The summed E-state index contributed by atoms with van der Waals surface area (Å²) in [5, 5.41) is 10.1. The Bertz CT molecular complexity index is 648. The smallest absolute Gasteiger partial charge is 0.355 e. The molecule has 0 aliphatic carbocycles. The molecule has 2 N–H and O–H groups in total. The molecule has 0 saturated heterocycles. The third kappa shape index (κ3) is 2.20. The number of carbonyl (C=O) groups is 2. The van der Waals surface area contributed by atoms with Crippen molar-refractivity contribution in [2.24, 2.45) is 0 Å². The zero-order valence-electron chi connectivity index (χ0n) is 10.8. The van der Waals surface area contributed by atoms with Crippen molar-refractivity contribution in [2.45, 2.75) is 0 Å². The number of aromatic hydroxyl groups is 1. The maximum atomic E-state index is 11.7. The van der Waals surface area contributed by atoms with Crippen molar-refractivity contribution in [3.8, 4) is 17.0 Å². The Hall–Kier alpha value is -2.83. The summed E-state index contributed by atoms with van der Waals surface area (Å²) in [6, 6.07) is 3.33. The van der Waals surface area contributed by atoms with Crippen LogP contribution in [0.15, 0.2) is 24.5 Å². The molecule has 0 saturated carbocycles. The lowest BCUT2D eigenvalue weighted by Gasteiger charge is -2.00. The van der Waals surface area contributed by atoms with Gasteiger partial charge in [0.25, 0.3) is 0 Å². The first-order valence-corrected chi connectivity index (χ1v) is 5.62. The molecule has 7 nitrogen and oxygen atoms in total. The first-order chi connectivity index (χ1) is 9.60. The number of H-pyrrole nitrogens is 1. The average Bonchev–Trinajstić information content (AvgIpc) is 2.84. The van der Waals surface area contributed by atoms with Gasteiger partial charge >= 0.3 is 11.9 Å². The second kappa shape index (κ2) is 5.43. The van der Waals surface area contributed by atoms with E-state index in [-0.39, 0.29) is 22.7 Å². The predicted molar refractivity (Wildman–Crippen MR) is 68.4 cm³/mol. The monoisotopic (exact) mass is 276 g/mol. The van der Waals surface area contributed by atoms with E-state index in [9.17, 15) is 14.7 Å². The van der Waals surface area contributed by atoms with Gasteiger partial charge in [-0.3, -0.25) is 4.98 Å². The molecule has 0 spiro atoms. The summed E-state index contributed by atoms with van der Waals surface area (Å²) in [5.74, 6) is -2.00. The maximum Gasteiger partial charge on any atom is 0.355 e. The Morgan fingerprint density at radius 1 is 1.25 bits per heavy atom. The number of nitrogens with zero attached hydrogens (tertiary/aromatic N) is 1. The van der Waals surface area contributed by atoms with Gasteiger partial charge in [0.2, 0.25) is 0 Å². The summed E-state index contributed by atoms with van der Waals surface area (Å²) >= 11 is 0. The summed E-state index contributed by atoms with van der Waals surface area (Å²) in [6.45, 7) is 0. The van der Waals surface area contributed by atoms with Gasteiger partial charge in [-0.1, -0.05) is 0 Å². The average molecular weight is 276 g/mol. The highest BCUT2D eigenvalue weighted by atomic mass is 16.5. The number of pyridine rings is 1. The Labute approximate surface area is 114 Å².